The molecule has 0 unspecified atom stereocenters. The highest BCUT2D eigenvalue weighted by Crippen LogP contribution is 2.25. The summed E-state index contributed by atoms with van der Waals surface area (Å²) < 4.78 is 7.03. The number of para-hydroxylation sites is 2. The van der Waals surface area contributed by atoms with Gasteiger partial charge in [-0.2, -0.15) is 0 Å². The molecule has 2 aromatic heterocycles. The van der Waals surface area contributed by atoms with Gasteiger partial charge in [-0.3, -0.25) is 19.5 Å². The molecular formula is C23H23N5O3S. The molecule has 4 rings (SSSR count). The van der Waals surface area contributed by atoms with Crippen LogP contribution in [0.15, 0.2) is 56.8 Å². The molecule has 32 heavy (non-hydrogen) atoms. The molecule has 164 valence electrons. The molecule has 1 N–H and O–H groups in total. The minimum absolute atomic E-state index is 0.0229. The molecule has 0 aliphatic carbocycles. The molecule has 0 bridgehead atoms. The molecule has 1 amide bonds. The Bertz CT molecular complexity index is 1340. The van der Waals surface area contributed by atoms with Crippen molar-refractivity contribution in [3.05, 3.63) is 69.8 Å². The zero-order valence-corrected chi connectivity index (χ0v) is 19.1. The van der Waals surface area contributed by atoms with Crippen molar-refractivity contribution in [1.29, 1.82) is 0 Å². The summed E-state index contributed by atoms with van der Waals surface area (Å²) in [7, 11) is 0. The molecular weight excluding hydrogens is 426 g/mol. The number of thioether (sulfide) groups is 1. The molecule has 0 aliphatic heterocycles. The van der Waals surface area contributed by atoms with E-state index in [0.29, 0.717) is 22.0 Å². The standard InChI is InChI=1S/C23H23N5O3S/c1-13(2)20-26-27-22(31-20)25-18(29)12-32-23-24-17-11-6-5-10-16(17)21(30)28(23)19-14(3)8-7-9-15(19)4/h5-11,13H,12H2,1-4H3,(H,25,27,29). The van der Waals surface area contributed by atoms with Gasteiger partial charge >= 0.3 is 6.01 Å². The molecule has 0 fully saturated rings. The van der Waals surface area contributed by atoms with Crippen molar-refractivity contribution in [2.75, 3.05) is 11.1 Å². The van der Waals surface area contributed by atoms with Gasteiger partial charge in [0, 0.05) is 5.92 Å². The van der Waals surface area contributed by atoms with Crippen molar-refractivity contribution in [3.8, 4) is 5.69 Å². The van der Waals surface area contributed by atoms with E-state index in [1.54, 1.807) is 16.7 Å². The summed E-state index contributed by atoms with van der Waals surface area (Å²) in [5.41, 5.74) is 3.08. The fourth-order valence-electron chi connectivity index (χ4n) is 3.37. The lowest BCUT2D eigenvalue weighted by Crippen LogP contribution is -2.24. The quantitative estimate of drug-likeness (QED) is 0.347. The maximum atomic E-state index is 13.4. The van der Waals surface area contributed by atoms with Gasteiger partial charge in [-0.1, -0.05) is 61.0 Å². The van der Waals surface area contributed by atoms with Crippen molar-refractivity contribution < 1.29 is 9.21 Å². The Hall–Kier alpha value is -3.46. The van der Waals surface area contributed by atoms with Crippen LogP contribution in [0.3, 0.4) is 0 Å². The Morgan fingerprint density at radius 3 is 2.50 bits per heavy atom. The third-order valence-corrected chi connectivity index (χ3v) is 5.86. The predicted octanol–water partition coefficient (Wildman–Crippen LogP) is 4.24. The summed E-state index contributed by atoms with van der Waals surface area (Å²) in [5.74, 6) is 0.211. The Balaban J connectivity index is 1.68. The fourth-order valence-corrected chi connectivity index (χ4v) is 4.17. The normalized spacial score (nSPS) is 11.3. The second-order valence-electron chi connectivity index (χ2n) is 7.73. The summed E-state index contributed by atoms with van der Waals surface area (Å²) >= 11 is 1.18. The molecule has 8 nitrogen and oxygen atoms in total. The number of fused-ring (bicyclic) bond motifs is 1. The lowest BCUT2D eigenvalue weighted by Gasteiger charge is -2.17. The largest absolute Gasteiger partial charge is 0.408 e. The number of rotatable bonds is 6. The van der Waals surface area contributed by atoms with Crippen LogP contribution in [0, 0.1) is 13.8 Å². The van der Waals surface area contributed by atoms with Crippen molar-refractivity contribution in [2.45, 2.75) is 38.8 Å². The first-order valence-corrected chi connectivity index (χ1v) is 11.2. The number of carbonyl (C=O) groups is 1. The van der Waals surface area contributed by atoms with Crippen LogP contribution in [0.1, 0.15) is 36.8 Å². The Morgan fingerprint density at radius 1 is 1.09 bits per heavy atom. The van der Waals surface area contributed by atoms with Crippen molar-refractivity contribution >= 4 is 34.6 Å². The van der Waals surface area contributed by atoms with Gasteiger partial charge in [0.2, 0.25) is 11.8 Å². The highest BCUT2D eigenvalue weighted by atomic mass is 32.2. The van der Waals surface area contributed by atoms with Gasteiger partial charge in [0.25, 0.3) is 5.56 Å². The summed E-state index contributed by atoms with van der Waals surface area (Å²) in [6.07, 6.45) is 0. The first-order chi connectivity index (χ1) is 15.3. The van der Waals surface area contributed by atoms with Gasteiger partial charge in [-0.05, 0) is 37.1 Å². The van der Waals surface area contributed by atoms with E-state index in [1.807, 2.05) is 58.0 Å². The lowest BCUT2D eigenvalue weighted by molar-refractivity contribution is -0.113. The third kappa shape index (κ3) is 4.29. The molecule has 0 aliphatic rings. The van der Waals surface area contributed by atoms with Crippen molar-refractivity contribution in [2.24, 2.45) is 0 Å². The molecule has 2 heterocycles. The Morgan fingerprint density at radius 2 is 1.81 bits per heavy atom. The molecule has 0 radical (unpaired) electrons. The van der Waals surface area contributed by atoms with Crippen LogP contribution >= 0.6 is 11.8 Å². The summed E-state index contributed by atoms with van der Waals surface area (Å²) in [4.78, 5) is 30.6. The molecule has 0 atom stereocenters. The average Bonchev–Trinajstić information content (AvgIpc) is 3.22. The molecule has 0 saturated carbocycles. The highest BCUT2D eigenvalue weighted by Gasteiger charge is 2.18. The second-order valence-corrected chi connectivity index (χ2v) is 8.67. The van der Waals surface area contributed by atoms with Gasteiger partial charge in [0.05, 0.1) is 22.3 Å². The number of hydrogen-bond acceptors (Lipinski definition) is 7. The molecule has 4 aromatic rings. The number of benzene rings is 2. The fraction of sp³-hybridized carbons (Fsp3) is 0.261. The first kappa shape index (κ1) is 21.8. The summed E-state index contributed by atoms with van der Waals surface area (Å²) in [5, 5.41) is 11.3. The minimum Gasteiger partial charge on any atom is -0.408 e. The minimum atomic E-state index is -0.329. The van der Waals surface area contributed by atoms with Crippen LogP contribution in [0.4, 0.5) is 6.01 Å². The van der Waals surface area contributed by atoms with Gasteiger partial charge in [0.15, 0.2) is 5.16 Å². The van der Waals surface area contributed by atoms with Crippen LogP contribution in [-0.4, -0.2) is 31.4 Å². The number of amides is 1. The number of nitrogens with one attached hydrogen (secondary N) is 1. The Labute approximate surface area is 189 Å². The van der Waals surface area contributed by atoms with Crippen molar-refractivity contribution in [1.82, 2.24) is 19.7 Å². The molecule has 9 heteroatoms. The summed E-state index contributed by atoms with van der Waals surface area (Å²) in [6.45, 7) is 7.75. The van der Waals surface area contributed by atoms with Gasteiger partial charge in [-0.25, -0.2) is 4.98 Å². The second kappa shape index (κ2) is 8.96. The number of carbonyl (C=O) groups excluding carboxylic acids is 1. The summed E-state index contributed by atoms with van der Waals surface area (Å²) in [6, 6.07) is 13.1. The van der Waals surface area contributed by atoms with E-state index in [9.17, 15) is 9.59 Å². The topological polar surface area (TPSA) is 103 Å². The predicted molar refractivity (Wildman–Crippen MR) is 125 cm³/mol. The van der Waals surface area contributed by atoms with E-state index in [4.69, 9.17) is 9.40 Å². The van der Waals surface area contributed by atoms with Crippen LogP contribution in [0.5, 0.6) is 0 Å². The number of anilines is 1. The van der Waals surface area contributed by atoms with Crippen LogP contribution in [0.2, 0.25) is 0 Å². The number of aromatic nitrogens is 4. The highest BCUT2D eigenvalue weighted by molar-refractivity contribution is 7.99. The van der Waals surface area contributed by atoms with Gasteiger partial charge in [-0.15, -0.1) is 5.10 Å². The van der Waals surface area contributed by atoms with Gasteiger partial charge < -0.3 is 4.42 Å². The SMILES string of the molecule is Cc1cccc(C)c1-n1c(SCC(=O)Nc2nnc(C(C)C)o2)nc2ccccc2c1=O. The van der Waals surface area contributed by atoms with E-state index in [-0.39, 0.29) is 29.2 Å². The zero-order chi connectivity index (χ0) is 22.8. The first-order valence-electron chi connectivity index (χ1n) is 10.2. The maximum absolute atomic E-state index is 13.4. The number of aryl methyl sites for hydroxylation is 2. The molecule has 0 spiro atoms. The van der Waals surface area contributed by atoms with E-state index in [2.05, 4.69) is 15.5 Å². The number of nitrogens with zero attached hydrogens (tertiary/aromatic N) is 4. The van der Waals surface area contributed by atoms with E-state index in [1.165, 1.54) is 11.8 Å². The van der Waals surface area contributed by atoms with E-state index >= 15 is 0 Å². The smallest absolute Gasteiger partial charge is 0.322 e. The van der Waals surface area contributed by atoms with Crippen LogP contribution in [0.25, 0.3) is 16.6 Å². The van der Waals surface area contributed by atoms with Crippen molar-refractivity contribution in [3.63, 3.8) is 0 Å². The molecule has 0 saturated heterocycles. The van der Waals surface area contributed by atoms with Gasteiger partial charge in [0.1, 0.15) is 0 Å². The van der Waals surface area contributed by atoms with Crippen LogP contribution < -0.4 is 10.9 Å². The Kier molecular flexibility index (Phi) is 6.09. The lowest BCUT2D eigenvalue weighted by atomic mass is 10.1. The zero-order valence-electron chi connectivity index (χ0n) is 18.2. The van der Waals surface area contributed by atoms with E-state index < -0.39 is 0 Å². The maximum Gasteiger partial charge on any atom is 0.322 e. The average molecular weight is 450 g/mol. The number of hydrogen-bond donors (Lipinski definition) is 1. The van der Waals surface area contributed by atoms with Crippen LogP contribution in [-0.2, 0) is 4.79 Å². The van der Waals surface area contributed by atoms with E-state index in [0.717, 1.165) is 16.8 Å². The monoisotopic (exact) mass is 449 g/mol. The third-order valence-electron chi connectivity index (χ3n) is 4.92. The molecule has 2 aromatic carbocycles.